The van der Waals surface area contributed by atoms with Gasteiger partial charge in [0.1, 0.15) is 27.3 Å². The van der Waals surface area contributed by atoms with Crippen LogP contribution in [0.4, 0.5) is 17.1 Å². The number of thiazole rings is 1. The van der Waals surface area contributed by atoms with E-state index in [2.05, 4.69) is 187 Å². The zero-order valence-electron chi connectivity index (χ0n) is 32.5. The minimum Gasteiger partial charge on any atom is -0.456 e. The van der Waals surface area contributed by atoms with Crippen LogP contribution in [0.5, 0.6) is 0 Å². The molecule has 13 aromatic rings. The Morgan fingerprint density at radius 2 is 1.03 bits per heavy atom. The molecule has 0 radical (unpaired) electrons. The van der Waals surface area contributed by atoms with Gasteiger partial charge in [0.25, 0.3) is 0 Å². The Labute approximate surface area is 357 Å². The molecule has 6 heteroatoms. The van der Waals surface area contributed by atoms with Gasteiger partial charge in [-0.3, -0.25) is 0 Å². The maximum atomic E-state index is 6.52. The van der Waals surface area contributed by atoms with Gasteiger partial charge in [-0.25, -0.2) is 4.98 Å². The van der Waals surface area contributed by atoms with E-state index >= 15 is 0 Å². The summed E-state index contributed by atoms with van der Waals surface area (Å²) < 4.78 is 16.6. The Balaban J connectivity index is 0.935. The molecular formula is C55H32N2O2S2. The van der Waals surface area contributed by atoms with Crippen molar-refractivity contribution in [3.05, 3.63) is 194 Å². The Morgan fingerprint density at radius 3 is 1.95 bits per heavy atom. The normalized spacial score (nSPS) is 11.9. The molecule has 0 unspecified atom stereocenters. The average Bonchev–Trinajstić information content (AvgIpc) is 4.10. The highest BCUT2D eigenvalue weighted by Crippen LogP contribution is 2.46. The highest BCUT2D eigenvalue weighted by molar-refractivity contribution is 7.27. The first-order valence-electron chi connectivity index (χ1n) is 20.3. The van der Waals surface area contributed by atoms with Gasteiger partial charge in [0.05, 0.1) is 10.2 Å². The molecule has 0 N–H and O–H groups in total. The monoisotopic (exact) mass is 816 g/mol. The largest absolute Gasteiger partial charge is 0.456 e. The molecule has 9 aromatic carbocycles. The van der Waals surface area contributed by atoms with Crippen molar-refractivity contribution in [2.24, 2.45) is 0 Å². The van der Waals surface area contributed by atoms with Crippen LogP contribution in [-0.2, 0) is 0 Å². The molecule has 0 aliphatic carbocycles. The van der Waals surface area contributed by atoms with Gasteiger partial charge in [-0.05, 0) is 95.1 Å². The highest BCUT2D eigenvalue weighted by atomic mass is 32.1. The number of hydrogen-bond donors (Lipinski definition) is 0. The van der Waals surface area contributed by atoms with Crippen molar-refractivity contribution >= 4 is 114 Å². The van der Waals surface area contributed by atoms with Crippen LogP contribution >= 0.6 is 22.7 Å². The minimum atomic E-state index is 0.857. The van der Waals surface area contributed by atoms with Crippen LogP contribution in [-0.4, -0.2) is 4.98 Å². The summed E-state index contributed by atoms with van der Waals surface area (Å²) in [6, 6.07) is 68.9. The topological polar surface area (TPSA) is 42.4 Å². The molecule has 61 heavy (non-hydrogen) atoms. The van der Waals surface area contributed by atoms with Gasteiger partial charge >= 0.3 is 0 Å². The molecule has 0 saturated heterocycles. The summed E-state index contributed by atoms with van der Waals surface area (Å²) in [5.41, 5.74) is 13.3. The van der Waals surface area contributed by atoms with Crippen LogP contribution in [0.2, 0.25) is 0 Å². The summed E-state index contributed by atoms with van der Waals surface area (Å²) in [5, 5.41) is 8.01. The van der Waals surface area contributed by atoms with E-state index in [4.69, 9.17) is 13.8 Å². The maximum Gasteiger partial charge on any atom is 0.137 e. The highest BCUT2D eigenvalue weighted by Gasteiger charge is 2.20. The van der Waals surface area contributed by atoms with E-state index in [1.165, 1.54) is 36.9 Å². The molecule has 286 valence electrons. The summed E-state index contributed by atoms with van der Waals surface area (Å²) in [5.74, 6) is 0. The first-order chi connectivity index (χ1) is 30.2. The summed E-state index contributed by atoms with van der Waals surface area (Å²) in [6.07, 6.45) is 0. The second kappa shape index (κ2) is 13.5. The van der Waals surface area contributed by atoms with Crippen molar-refractivity contribution < 1.29 is 8.83 Å². The van der Waals surface area contributed by atoms with Gasteiger partial charge in [0, 0.05) is 70.4 Å². The van der Waals surface area contributed by atoms with Crippen LogP contribution in [0.1, 0.15) is 0 Å². The molecule has 4 heterocycles. The third kappa shape index (κ3) is 5.53. The van der Waals surface area contributed by atoms with Crippen molar-refractivity contribution in [2.45, 2.75) is 0 Å². The fourth-order valence-corrected chi connectivity index (χ4v) is 11.4. The predicted molar refractivity (Wildman–Crippen MR) is 258 cm³/mol. The number of hydrogen-bond acceptors (Lipinski definition) is 6. The lowest BCUT2D eigenvalue weighted by Gasteiger charge is -2.26. The number of furan rings is 2. The summed E-state index contributed by atoms with van der Waals surface area (Å²) >= 11 is 3.59. The molecule has 4 nitrogen and oxygen atoms in total. The van der Waals surface area contributed by atoms with Crippen molar-refractivity contribution in [1.29, 1.82) is 0 Å². The third-order valence-electron chi connectivity index (χ3n) is 11.9. The SMILES string of the molecule is c1ccc(-c2ccc(N(c3cccc(-c4ccc5oc6ccc7nc(-c8cccc9c8sc8ccccc89)sc7c6c5c4)c3)c3ccc4c(c3)oc3ccccc34)cc2)cc1. The van der Waals surface area contributed by atoms with Gasteiger partial charge in [-0.1, -0.05) is 115 Å². The number of para-hydroxylation sites is 1. The van der Waals surface area contributed by atoms with E-state index in [-0.39, 0.29) is 0 Å². The zero-order valence-corrected chi connectivity index (χ0v) is 34.1. The molecule has 0 amide bonds. The van der Waals surface area contributed by atoms with Gasteiger partial charge < -0.3 is 13.7 Å². The van der Waals surface area contributed by atoms with Crippen LogP contribution < -0.4 is 4.90 Å². The van der Waals surface area contributed by atoms with Gasteiger partial charge in [-0.2, -0.15) is 0 Å². The predicted octanol–water partition coefficient (Wildman–Crippen LogP) is 16.9. The number of anilines is 3. The van der Waals surface area contributed by atoms with E-state index in [0.29, 0.717) is 0 Å². The van der Waals surface area contributed by atoms with Gasteiger partial charge in [0.15, 0.2) is 0 Å². The first kappa shape index (κ1) is 34.4. The fraction of sp³-hybridized carbons (Fsp3) is 0. The maximum absolute atomic E-state index is 6.52. The zero-order chi connectivity index (χ0) is 40.0. The second-order valence-electron chi connectivity index (χ2n) is 15.5. The molecule has 0 atom stereocenters. The van der Waals surface area contributed by atoms with E-state index < -0.39 is 0 Å². The molecule has 0 saturated carbocycles. The van der Waals surface area contributed by atoms with Gasteiger partial charge in [0.2, 0.25) is 0 Å². The Bertz CT molecular complexity index is 3840. The molecule has 0 fully saturated rings. The van der Waals surface area contributed by atoms with Crippen LogP contribution in [0.3, 0.4) is 0 Å². The van der Waals surface area contributed by atoms with Crippen molar-refractivity contribution in [3.8, 4) is 32.8 Å². The summed E-state index contributed by atoms with van der Waals surface area (Å²) in [6.45, 7) is 0. The van der Waals surface area contributed by atoms with Crippen molar-refractivity contribution in [2.75, 3.05) is 4.90 Å². The van der Waals surface area contributed by atoms with Crippen LogP contribution in [0.15, 0.2) is 203 Å². The van der Waals surface area contributed by atoms with Crippen LogP contribution in [0, 0.1) is 0 Å². The lowest BCUT2D eigenvalue weighted by atomic mass is 10.0. The summed E-state index contributed by atoms with van der Waals surface area (Å²) in [4.78, 5) is 7.55. The molecule has 4 aromatic heterocycles. The molecule has 0 bridgehead atoms. The minimum absolute atomic E-state index is 0.857. The van der Waals surface area contributed by atoms with Gasteiger partial charge in [-0.15, -0.1) is 22.7 Å². The number of rotatable bonds is 6. The lowest BCUT2D eigenvalue weighted by molar-refractivity contribution is 0.668. The van der Waals surface area contributed by atoms with E-state index in [1.54, 1.807) is 11.3 Å². The Hall–Kier alpha value is -7.51. The second-order valence-corrected chi connectivity index (χ2v) is 17.5. The number of benzene rings is 9. The fourth-order valence-electron chi connectivity index (χ4n) is 9.02. The van der Waals surface area contributed by atoms with Crippen LogP contribution in [0.25, 0.3) is 107 Å². The van der Waals surface area contributed by atoms with Crippen molar-refractivity contribution in [1.82, 2.24) is 4.98 Å². The number of nitrogens with zero attached hydrogens (tertiary/aromatic N) is 2. The number of aromatic nitrogens is 1. The number of thiophene rings is 1. The molecule has 0 aliphatic heterocycles. The average molecular weight is 817 g/mol. The third-order valence-corrected chi connectivity index (χ3v) is 14.3. The number of fused-ring (bicyclic) bond motifs is 11. The summed E-state index contributed by atoms with van der Waals surface area (Å²) in [7, 11) is 0. The first-order valence-corrected chi connectivity index (χ1v) is 22.0. The molecular weight excluding hydrogens is 785 g/mol. The van der Waals surface area contributed by atoms with E-state index in [0.717, 1.165) is 87.3 Å². The standard InChI is InChI=1S/C55H32N2O2S2/c1-2-10-33(11-3-1)34-20-23-37(24-21-34)57(39-25-26-41-40-14-4-6-18-47(40)59-50(41)32-39)38-13-8-12-35(30-38)36-22-28-48-45(31-36)52-49(58-48)29-27-46-54(52)61-55(56-46)44-17-9-16-43-42-15-5-7-19-51(42)60-53(43)44/h1-32H. The Kier molecular flexibility index (Phi) is 7.61. The lowest BCUT2D eigenvalue weighted by Crippen LogP contribution is -2.10. The smallest absolute Gasteiger partial charge is 0.137 e. The molecule has 0 spiro atoms. The van der Waals surface area contributed by atoms with E-state index in [9.17, 15) is 0 Å². The van der Waals surface area contributed by atoms with Crippen molar-refractivity contribution in [3.63, 3.8) is 0 Å². The molecule has 0 aliphatic rings. The van der Waals surface area contributed by atoms with E-state index in [1.807, 2.05) is 23.5 Å². The Morgan fingerprint density at radius 1 is 0.377 bits per heavy atom. The quantitative estimate of drug-likeness (QED) is 0.168. The molecule has 13 rings (SSSR count).